The zero-order valence-electron chi connectivity index (χ0n) is 10.4. The van der Waals surface area contributed by atoms with E-state index in [-0.39, 0.29) is 0 Å². The van der Waals surface area contributed by atoms with Crippen LogP contribution in [0.15, 0.2) is 30.3 Å². The molecule has 94 valence electrons. The predicted molar refractivity (Wildman–Crippen MR) is 69.4 cm³/mol. The molecule has 0 aliphatic carbocycles. The Labute approximate surface area is 102 Å². The number of nitrogens with zero attached hydrogens (tertiary/aromatic N) is 1. The maximum absolute atomic E-state index is 11.0. The van der Waals surface area contributed by atoms with Gasteiger partial charge in [-0.05, 0) is 25.1 Å². The van der Waals surface area contributed by atoms with E-state index in [9.17, 15) is 4.79 Å². The third-order valence-electron chi connectivity index (χ3n) is 2.70. The highest BCUT2D eigenvalue weighted by molar-refractivity contribution is 5.73. The Balaban J connectivity index is 2.46. The Kier molecular flexibility index (Phi) is 5.49. The number of carboxylic acid groups (broad SMARTS) is 1. The van der Waals surface area contributed by atoms with Crippen LogP contribution in [0.1, 0.15) is 13.3 Å². The second kappa shape index (κ2) is 6.91. The van der Waals surface area contributed by atoms with Gasteiger partial charge in [0, 0.05) is 19.3 Å². The van der Waals surface area contributed by atoms with Gasteiger partial charge >= 0.3 is 5.97 Å². The molecule has 0 saturated carbocycles. The highest BCUT2D eigenvalue weighted by atomic mass is 16.4. The summed E-state index contributed by atoms with van der Waals surface area (Å²) in [7, 11) is 1.97. The van der Waals surface area contributed by atoms with Gasteiger partial charge in [-0.15, -0.1) is 0 Å². The zero-order chi connectivity index (χ0) is 12.7. The van der Waals surface area contributed by atoms with Crippen LogP contribution < -0.4 is 10.2 Å². The molecule has 0 bridgehead atoms. The summed E-state index contributed by atoms with van der Waals surface area (Å²) in [5.41, 5.74) is 1.10. The first kappa shape index (κ1) is 13.5. The minimum absolute atomic E-state index is 0.467. The smallest absolute Gasteiger partial charge is 0.320 e. The van der Waals surface area contributed by atoms with Gasteiger partial charge in [-0.3, -0.25) is 4.79 Å². The number of rotatable bonds is 7. The second-order valence-corrected chi connectivity index (χ2v) is 3.99. The lowest BCUT2D eigenvalue weighted by atomic mass is 10.2. The van der Waals surface area contributed by atoms with Crippen LogP contribution in [-0.2, 0) is 4.79 Å². The quantitative estimate of drug-likeness (QED) is 0.754. The topological polar surface area (TPSA) is 52.6 Å². The zero-order valence-corrected chi connectivity index (χ0v) is 10.4. The molecule has 1 atom stereocenters. The van der Waals surface area contributed by atoms with Crippen LogP contribution in [0.4, 0.5) is 5.69 Å². The number of carbonyl (C=O) groups is 1. The summed E-state index contributed by atoms with van der Waals surface area (Å²) in [6, 6.07) is 9.49. The number of hydrogen-bond acceptors (Lipinski definition) is 3. The summed E-state index contributed by atoms with van der Waals surface area (Å²) in [4.78, 5) is 13.0. The SMILES string of the molecule is CCNC(CCN(C)c1ccccc1)C(=O)O. The van der Waals surface area contributed by atoms with Crippen LogP contribution in [0.25, 0.3) is 0 Å². The van der Waals surface area contributed by atoms with E-state index in [2.05, 4.69) is 10.2 Å². The summed E-state index contributed by atoms with van der Waals surface area (Å²) in [5, 5.41) is 12.0. The van der Waals surface area contributed by atoms with Gasteiger partial charge in [0.05, 0.1) is 0 Å². The summed E-state index contributed by atoms with van der Waals surface area (Å²) in [6.45, 7) is 3.30. The van der Waals surface area contributed by atoms with Crippen molar-refractivity contribution in [3.8, 4) is 0 Å². The molecule has 4 nitrogen and oxygen atoms in total. The Morgan fingerprint density at radius 3 is 2.59 bits per heavy atom. The maximum Gasteiger partial charge on any atom is 0.320 e. The molecule has 4 heteroatoms. The van der Waals surface area contributed by atoms with Crippen molar-refractivity contribution >= 4 is 11.7 Å². The molecule has 2 N–H and O–H groups in total. The monoisotopic (exact) mass is 236 g/mol. The Morgan fingerprint density at radius 1 is 1.41 bits per heavy atom. The molecule has 0 aromatic heterocycles. The maximum atomic E-state index is 11.0. The summed E-state index contributed by atoms with van der Waals surface area (Å²) < 4.78 is 0. The standard InChI is InChI=1S/C13H20N2O2/c1-3-14-12(13(16)17)9-10-15(2)11-7-5-4-6-8-11/h4-8,12,14H,3,9-10H2,1-2H3,(H,16,17). The fourth-order valence-electron chi connectivity index (χ4n) is 1.69. The van der Waals surface area contributed by atoms with Crippen LogP contribution >= 0.6 is 0 Å². The van der Waals surface area contributed by atoms with Crippen molar-refractivity contribution in [2.45, 2.75) is 19.4 Å². The number of carboxylic acids is 1. The van der Waals surface area contributed by atoms with E-state index in [4.69, 9.17) is 5.11 Å². The molecule has 0 aliphatic heterocycles. The molecule has 0 radical (unpaired) electrons. The molecule has 1 aromatic rings. The number of hydrogen-bond donors (Lipinski definition) is 2. The molecule has 1 unspecified atom stereocenters. The van der Waals surface area contributed by atoms with Crippen LogP contribution in [0, 0.1) is 0 Å². The Hall–Kier alpha value is -1.55. The lowest BCUT2D eigenvalue weighted by molar-refractivity contribution is -0.139. The van der Waals surface area contributed by atoms with Crippen molar-refractivity contribution in [2.75, 3.05) is 25.0 Å². The van der Waals surface area contributed by atoms with Gasteiger partial charge in [0.2, 0.25) is 0 Å². The lowest BCUT2D eigenvalue weighted by Crippen LogP contribution is -2.39. The van der Waals surface area contributed by atoms with Crippen molar-refractivity contribution in [3.63, 3.8) is 0 Å². The van der Waals surface area contributed by atoms with Crippen LogP contribution in [0.5, 0.6) is 0 Å². The summed E-state index contributed by atoms with van der Waals surface area (Å²) in [6.07, 6.45) is 0.592. The largest absolute Gasteiger partial charge is 0.480 e. The third kappa shape index (κ3) is 4.44. The van der Waals surface area contributed by atoms with E-state index in [0.717, 1.165) is 5.69 Å². The lowest BCUT2D eigenvalue weighted by Gasteiger charge is -2.21. The van der Waals surface area contributed by atoms with Crippen molar-refractivity contribution in [3.05, 3.63) is 30.3 Å². The van der Waals surface area contributed by atoms with Gasteiger partial charge in [0.1, 0.15) is 6.04 Å². The van der Waals surface area contributed by atoms with Gasteiger partial charge < -0.3 is 15.3 Å². The van der Waals surface area contributed by atoms with Crippen LogP contribution in [0.2, 0.25) is 0 Å². The molecule has 0 aliphatic rings. The predicted octanol–water partition coefficient (Wildman–Crippen LogP) is 1.58. The van der Waals surface area contributed by atoms with Crippen LogP contribution in [-0.4, -0.2) is 37.3 Å². The van der Waals surface area contributed by atoms with E-state index < -0.39 is 12.0 Å². The van der Waals surface area contributed by atoms with Crippen LogP contribution in [0.3, 0.4) is 0 Å². The molecule has 0 spiro atoms. The Bertz CT molecular complexity index is 341. The van der Waals surface area contributed by atoms with Gasteiger partial charge in [-0.25, -0.2) is 0 Å². The number of likely N-dealkylation sites (N-methyl/N-ethyl adjacent to an activating group) is 1. The fourth-order valence-corrected chi connectivity index (χ4v) is 1.69. The summed E-state index contributed by atoms with van der Waals surface area (Å²) >= 11 is 0. The van der Waals surface area contributed by atoms with E-state index in [1.54, 1.807) is 0 Å². The fraction of sp³-hybridized carbons (Fsp3) is 0.462. The number of nitrogens with one attached hydrogen (secondary N) is 1. The molecule has 0 saturated heterocycles. The van der Waals surface area contributed by atoms with Crippen molar-refractivity contribution in [2.24, 2.45) is 0 Å². The highest BCUT2D eigenvalue weighted by Crippen LogP contribution is 2.11. The average molecular weight is 236 g/mol. The number of benzene rings is 1. The van der Waals surface area contributed by atoms with E-state index >= 15 is 0 Å². The highest BCUT2D eigenvalue weighted by Gasteiger charge is 2.16. The molecule has 0 heterocycles. The first-order chi connectivity index (χ1) is 8.15. The molecular weight excluding hydrogens is 216 g/mol. The molecule has 0 fully saturated rings. The van der Waals surface area contributed by atoms with E-state index in [1.807, 2.05) is 44.3 Å². The van der Waals surface area contributed by atoms with E-state index in [0.29, 0.717) is 19.5 Å². The third-order valence-corrected chi connectivity index (χ3v) is 2.70. The van der Waals surface area contributed by atoms with Gasteiger partial charge in [0.15, 0.2) is 0 Å². The Morgan fingerprint density at radius 2 is 2.06 bits per heavy atom. The first-order valence-electron chi connectivity index (χ1n) is 5.87. The number of aliphatic carboxylic acids is 1. The first-order valence-corrected chi connectivity index (χ1v) is 5.87. The second-order valence-electron chi connectivity index (χ2n) is 3.99. The van der Waals surface area contributed by atoms with Gasteiger partial charge in [-0.1, -0.05) is 25.1 Å². The molecule has 17 heavy (non-hydrogen) atoms. The van der Waals surface area contributed by atoms with Crippen molar-refractivity contribution in [1.82, 2.24) is 5.32 Å². The van der Waals surface area contributed by atoms with Gasteiger partial charge in [-0.2, -0.15) is 0 Å². The van der Waals surface area contributed by atoms with Crippen molar-refractivity contribution in [1.29, 1.82) is 0 Å². The average Bonchev–Trinajstić information content (AvgIpc) is 2.34. The van der Waals surface area contributed by atoms with Crippen molar-refractivity contribution < 1.29 is 9.90 Å². The molecule has 1 aromatic carbocycles. The minimum Gasteiger partial charge on any atom is -0.480 e. The molecule has 0 amide bonds. The van der Waals surface area contributed by atoms with Gasteiger partial charge in [0.25, 0.3) is 0 Å². The normalized spacial score (nSPS) is 12.1. The van der Waals surface area contributed by atoms with E-state index in [1.165, 1.54) is 0 Å². The molecule has 1 rings (SSSR count). The summed E-state index contributed by atoms with van der Waals surface area (Å²) in [5.74, 6) is -0.784. The molecular formula is C13H20N2O2. The number of anilines is 1. The number of para-hydroxylation sites is 1. The minimum atomic E-state index is -0.784.